The molecule has 40 heavy (non-hydrogen) atoms. The summed E-state index contributed by atoms with van der Waals surface area (Å²) < 4.78 is 4.94. The first kappa shape index (κ1) is 24.5. The molecule has 0 aliphatic carbocycles. The van der Waals surface area contributed by atoms with E-state index in [0.717, 1.165) is 78.0 Å². The van der Waals surface area contributed by atoms with Gasteiger partial charge in [0.1, 0.15) is 6.54 Å². The summed E-state index contributed by atoms with van der Waals surface area (Å²) in [6, 6.07) is 6.02. The van der Waals surface area contributed by atoms with Gasteiger partial charge in [-0.25, -0.2) is 14.8 Å². The van der Waals surface area contributed by atoms with Gasteiger partial charge in [0.25, 0.3) is 0 Å². The lowest BCUT2D eigenvalue weighted by Crippen LogP contribution is -2.31. The summed E-state index contributed by atoms with van der Waals surface area (Å²) in [4.78, 5) is 44.4. The summed E-state index contributed by atoms with van der Waals surface area (Å²) in [7, 11) is 1.75. The van der Waals surface area contributed by atoms with Gasteiger partial charge in [-0.2, -0.15) is 5.10 Å². The molecule has 0 saturated carbocycles. The van der Waals surface area contributed by atoms with Crippen LogP contribution < -0.4 is 10.6 Å². The van der Waals surface area contributed by atoms with Crippen molar-refractivity contribution in [1.29, 1.82) is 0 Å². The number of benzene rings is 1. The molecule has 2 saturated heterocycles. The lowest BCUT2D eigenvalue weighted by molar-refractivity contribution is -0.130. The Labute approximate surface area is 230 Å². The third-order valence-corrected chi connectivity index (χ3v) is 8.16. The molecule has 11 heteroatoms. The van der Waals surface area contributed by atoms with Gasteiger partial charge in [0.2, 0.25) is 11.9 Å². The van der Waals surface area contributed by atoms with Crippen LogP contribution >= 0.6 is 0 Å². The van der Waals surface area contributed by atoms with Crippen molar-refractivity contribution in [2.24, 2.45) is 7.05 Å². The number of aryl methyl sites for hydroxylation is 2. The molecule has 2 fully saturated rings. The van der Waals surface area contributed by atoms with Crippen molar-refractivity contribution in [3.05, 3.63) is 59.2 Å². The lowest BCUT2D eigenvalue weighted by atomic mass is 10.1. The smallest absolute Gasteiger partial charge is 0.333 e. The van der Waals surface area contributed by atoms with Gasteiger partial charge in [-0.05, 0) is 50.3 Å². The molecule has 2 aliphatic rings. The molecule has 0 bridgehead atoms. The number of carbonyl (C=O) groups excluding carboxylic acids is 1. The van der Waals surface area contributed by atoms with Gasteiger partial charge >= 0.3 is 5.69 Å². The Morgan fingerprint density at radius 2 is 1.65 bits per heavy atom. The van der Waals surface area contributed by atoms with Crippen molar-refractivity contribution in [2.45, 2.75) is 39.2 Å². The van der Waals surface area contributed by atoms with E-state index in [1.165, 1.54) is 12.8 Å². The van der Waals surface area contributed by atoms with E-state index in [4.69, 9.17) is 0 Å². The van der Waals surface area contributed by atoms with Crippen LogP contribution in [0.5, 0.6) is 0 Å². The van der Waals surface area contributed by atoms with E-state index in [0.29, 0.717) is 11.4 Å². The minimum Gasteiger partial charge on any atom is -0.341 e. The lowest BCUT2D eigenvalue weighted by Gasteiger charge is -2.14. The van der Waals surface area contributed by atoms with E-state index >= 15 is 0 Å². The maximum absolute atomic E-state index is 13.6. The highest BCUT2D eigenvalue weighted by atomic mass is 16.2. The van der Waals surface area contributed by atoms with Gasteiger partial charge in [0.15, 0.2) is 0 Å². The monoisotopic (exact) mass is 537 g/mol. The molecule has 0 radical (unpaired) electrons. The zero-order valence-corrected chi connectivity index (χ0v) is 22.7. The molecule has 1 amide bonds. The van der Waals surface area contributed by atoms with Crippen LogP contribution in [0.15, 0.2) is 47.8 Å². The zero-order chi connectivity index (χ0) is 27.4. The fraction of sp³-hybridized carbons (Fsp3) is 0.379. The van der Waals surface area contributed by atoms with Crippen LogP contribution in [-0.4, -0.2) is 70.9 Å². The summed E-state index contributed by atoms with van der Waals surface area (Å²) in [5.41, 5.74) is 5.23. The Hall–Kier alpha value is -4.54. The molecule has 7 rings (SSSR count). The SMILES string of the molecule is Cc1nn(CC(=O)N2CCCC2)cc1-n1c(=O)n(C)c2cnc3ccc(-c4cnc(N5CCCC5)nc4)cc3c21. The van der Waals surface area contributed by atoms with E-state index in [1.807, 2.05) is 42.4 Å². The van der Waals surface area contributed by atoms with Crippen LogP contribution in [0.25, 0.3) is 38.8 Å². The van der Waals surface area contributed by atoms with Gasteiger partial charge in [-0.3, -0.25) is 23.6 Å². The van der Waals surface area contributed by atoms with Crippen LogP contribution in [0.2, 0.25) is 0 Å². The topological polar surface area (TPSA) is 107 Å². The number of aromatic nitrogens is 7. The first-order valence-corrected chi connectivity index (χ1v) is 13.9. The van der Waals surface area contributed by atoms with E-state index in [2.05, 4.69) is 25.0 Å². The first-order valence-electron chi connectivity index (χ1n) is 13.9. The number of fused-ring (bicyclic) bond motifs is 3. The molecule has 11 nitrogen and oxygen atoms in total. The molecule has 2 aliphatic heterocycles. The van der Waals surface area contributed by atoms with Crippen molar-refractivity contribution in [3.8, 4) is 16.8 Å². The summed E-state index contributed by atoms with van der Waals surface area (Å²) in [6.07, 6.45) is 11.7. The average molecular weight is 538 g/mol. The summed E-state index contributed by atoms with van der Waals surface area (Å²) >= 11 is 0. The number of pyridine rings is 1. The second kappa shape index (κ2) is 9.58. The van der Waals surface area contributed by atoms with Crippen molar-refractivity contribution in [1.82, 2.24) is 38.8 Å². The second-order valence-corrected chi connectivity index (χ2v) is 10.8. The van der Waals surface area contributed by atoms with Crippen molar-refractivity contribution >= 4 is 33.8 Å². The summed E-state index contributed by atoms with van der Waals surface area (Å²) in [5, 5.41) is 5.45. The van der Waals surface area contributed by atoms with Gasteiger partial charge < -0.3 is 9.80 Å². The van der Waals surface area contributed by atoms with Crippen LogP contribution in [0.3, 0.4) is 0 Å². The third kappa shape index (κ3) is 4.04. The number of rotatable bonds is 5. The standard InChI is InChI=1S/C29H31N9O2/c1-19-25(17-37(33-19)18-26(39)35-9-3-4-10-35)38-27-22-13-20(7-8-23(22)30-16-24(27)34(2)29(38)40)21-14-31-28(32-15-21)36-11-5-6-12-36/h7-8,13-17H,3-6,9-12,18H2,1-2H3. The largest absolute Gasteiger partial charge is 0.341 e. The molecular weight excluding hydrogens is 506 g/mol. The predicted octanol–water partition coefficient (Wildman–Crippen LogP) is 3.06. The number of carbonyl (C=O) groups is 1. The Morgan fingerprint density at radius 1 is 0.925 bits per heavy atom. The maximum Gasteiger partial charge on any atom is 0.333 e. The predicted molar refractivity (Wildman–Crippen MR) is 153 cm³/mol. The van der Waals surface area contributed by atoms with E-state index in [9.17, 15) is 9.59 Å². The molecule has 6 heterocycles. The molecular formula is C29H31N9O2. The fourth-order valence-corrected chi connectivity index (χ4v) is 5.96. The van der Waals surface area contributed by atoms with Crippen LogP contribution in [-0.2, 0) is 18.4 Å². The molecule has 204 valence electrons. The number of nitrogens with zero attached hydrogens (tertiary/aromatic N) is 9. The first-order chi connectivity index (χ1) is 19.5. The summed E-state index contributed by atoms with van der Waals surface area (Å²) in [6.45, 7) is 5.59. The maximum atomic E-state index is 13.6. The molecule has 0 atom stereocenters. The minimum absolute atomic E-state index is 0.0501. The highest BCUT2D eigenvalue weighted by Gasteiger charge is 2.22. The number of hydrogen-bond donors (Lipinski definition) is 0. The Balaban J connectivity index is 1.32. The van der Waals surface area contributed by atoms with E-state index in [-0.39, 0.29) is 18.1 Å². The van der Waals surface area contributed by atoms with E-state index in [1.54, 1.807) is 33.3 Å². The number of anilines is 1. The third-order valence-electron chi connectivity index (χ3n) is 8.16. The van der Waals surface area contributed by atoms with Gasteiger partial charge in [0, 0.05) is 56.6 Å². The van der Waals surface area contributed by atoms with Crippen LogP contribution in [0.1, 0.15) is 31.4 Å². The zero-order valence-electron chi connectivity index (χ0n) is 22.7. The molecule has 0 unspecified atom stereocenters. The van der Waals surface area contributed by atoms with Crippen LogP contribution in [0.4, 0.5) is 5.95 Å². The quantitative estimate of drug-likeness (QED) is 0.339. The van der Waals surface area contributed by atoms with Gasteiger partial charge in [0.05, 0.1) is 40.3 Å². The fourth-order valence-electron chi connectivity index (χ4n) is 5.96. The molecule has 0 spiro atoms. The molecule has 0 N–H and O–H groups in total. The van der Waals surface area contributed by atoms with Crippen molar-refractivity contribution in [2.75, 3.05) is 31.1 Å². The van der Waals surface area contributed by atoms with Crippen molar-refractivity contribution in [3.63, 3.8) is 0 Å². The van der Waals surface area contributed by atoms with Gasteiger partial charge in [-0.1, -0.05) is 6.07 Å². The van der Waals surface area contributed by atoms with Gasteiger partial charge in [-0.15, -0.1) is 0 Å². The van der Waals surface area contributed by atoms with Crippen molar-refractivity contribution < 1.29 is 4.79 Å². The second-order valence-electron chi connectivity index (χ2n) is 10.8. The van der Waals surface area contributed by atoms with Crippen LogP contribution in [0, 0.1) is 6.92 Å². The molecule has 5 aromatic rings. The molecule has 4 aromatic heterocycles. The highest BCUT2D eigenvalue weighted by Crippen LogP contribution is 2.30. The number of imidazole rings is 1. The van der Waals surface area contributed by atoms with E-state index < -0.39 is 0 Å². The number of hydrogen-bond acceptors (Lipinski definition) is 7. The number of amides is 1. The normalized spacial score (nSPS) is 15.7. The number of likely N-dealkylation sites (tertiary alicyclic amines) is 1. The highest BCUT2D eigenvalue weighted by molar-refractivity contribution is 6.04. The minimum atomic E-state index is -0.193. The Kier molecular flexibility index (Phi) is 5.87. The Morgan fingerprint density at radius 3 is 2.40 bits per heavy atom. The Bertz CT molecular complexity index is 1800. The average Bonchev–Trinajstić information content (AvgIpc) is 3.78. The molecule has 1 aromatic carbocycles. The summed E-state index contributed by atoms with van der Waals surface area (Å²) in [5.74, 6) is 0.813.